The number of non-ortho nitro benzene ring substituents is 1. The van der Waals surface area contributed by atoms with E-state index < -0.39 is 126 Å². The molecule has 0 fully saturated rings. The van der Waals surface area contributed by atoms with Crippen molar-refractivity contribution in [2.75, 3.05) is 6.54 Å². The van der Waals surface area contributed by atoms with Crippen LogP contribution in [0.4, 0.5) is 5.69 Å². The zero-order valence-electron chi connectivity index (χ0n) is 32.2. The summed E-state index contributed by atoms with van der Waals surface area (Å²) in [5.74, 6) is -12.3. The van der Waals surface area contributed by atoms with Gasteiger partial charge >= 0.3 is 17.9 Å². The lowest BCUT2D eigenvalue weighted by Gasteiger charge is -2.26. The van der Waals surface area contributed by atoms with E-state index in [2.05, 4.69) is 21.3 Å². The number of amides is 4. The third-order valence-corrected chi connectivity index (χ3v) is 8.73. The Labute approximate surface area is 328 Å². The zero-order valence-corrected chi connectivity index (χ0v) is 32.2. The van der Waals surface area contributed by atoms with Crippen molar-refractivity contribution in [1.29, 1.82) is 0 Å². The monoisotopic (exact) mass is 805 g/mol. The summed E-state index contributed by atoms with van der Waals surface area (Å²) in [6, 6.07) is 1.69. The summed E-state index contributed by atoms with van der Waals surface area (Å²) < 4.78 is 0. The highest BCUT2D eigenvalue weighted by Crippen LogP contribution is 2.20. The van der Waals surface area contributed by atoms with Crippen LogP contribution in [0.5, 0.6) is 0 Å². The van der Waals surface area contributed by atoms with E-state index in [1.165, 1.54) is 31.2 Å². The number of Topliss-reactive ketones (excluding diaryl/α,β-unsaturated/α-hetero) is 3. The molecule has 1 aromatic carbocycles. The Bertz CT molecular complexity index is 1640. The lowest BCUT2D eigenvalue weighted by Crippen LogP contribution is -2.49. The van der Waals surface area contributed by atoms with E-state index in [4.69, 9.17) is 5.11 Å². The van der Waals surface area contributed by atoms with Gasteiger partial charge in [-0.2, -0.15) is 0 Å². The van der Waals surface area contributed by atoms with Crippen LogP contribution in [0.2, 0.25) is 0 Å². The Hall–Kier alpha value is -6.08. The summed E-state index contributed by atoms with van der Waals surface area (Å²) >= 11 is 0. The fourth-order valence-electron chi connectivity index (χ4n) is 5.85. The SMILES string of the molecule is CC(=O)N[C@@H](CCCCNC(=O)[C@H](CC(=O)O)CC(=O)[C@@H](NC(=O)[C@H](CCC(=O)O)CC(=O)[C@H](CC(=O)O)NC(C)=O)C(C)C)C(=O)Cc1ccc([N+](=O)[O-])cc1. The number of aliphatic carboxylic acids is 3. The van der Waals surface area contributed by atoms with E-state index in [9.17, 15) is 68.3 Å². The number of nitrogens with zero attached hydrogens (tertiary/aromatic N) is 1. The van der Waals surface area contributed by atoms with E-state index in [1.54, 1.807) is 13.8 Å². The molecule has 5 atom stereocenters. The summed E-state index contributed by atoms with van der Waals surface area (Å²) in [5.41, 5.74) is 0.359. The van der Waals surface area contributed by atoms with E-state index in [0.717, 1.165) is 6.92 Å². The van der Waals surface area contributed by atoms with Gasteiger partial charge in [-0.1, -0.05) is 26.0 Å². The fraction of sp³-hybridized carbons (Fsp3) is 0.568. The second kappa shape index (κ2) is 24.4. The van der Waals surface area contributed by atoms with Crippen molar-refractivity contribution >= 4 is 64.6 Å². The quantitative estimate of drug-likeness (QED) is 0.0354. The third-order valence-electron chi connectivity index (χ3n) is 8.73. The van der Waals surface area contributed by atoms with Crippen LogP contribution in [-0.2, 0) is 54.4 Å². The second-order valence-electron chi connectivity index (χ2n) is 14.0. The normalized spacial score (nSPS) is 13.5. The number of nitro groups is 1. The smallest absolute Gasteiger partial charge is 0.305 e. The molecule has 0 aliphatic carbocycles. The van der Waals surface area contributed by atoms with Gasteiger partial charge in [-0.3, -0.25) is 58.1 Å². The predicted octanol–water partition coefficient (Wildman–Crippen LogP) is 1.11. The molecule has 4 amide bonds. The number of nitro benzene ring substituents is 1. The van der Waals surface area contributed by atoms with Gasteiger partial charge in [0, 0.05) is 64.1 Å². The average molecular weight is 806 g/mol. The first kappa shape index (κ1) is 48.9. The van der Waals surface area contributed by atoms with Gasteiger partial charge in [0.2, 0.25) is 23.6 Å². The zero-order chi connectivity index (χ0) is 43.4. The minimum atomic E-state index is -1.51. The van der Waals surface area contributed by atoms with Crippen LogP contribution in [0.3, 0.4) is 0 Å². The maximum absolute atomic E-state index is 13.5. The van der Waals surface area contributed by atoms with Gasteiger partial charge in [-0.25, -0.2) is 0 Å². The van der Waals surface area contributed by atoms with Crippen LogP contribution >= 0.6 is 0 Å². The maximum Gasteiger partial charge on any atom is 0.305 e. The Balaban J connectivity index is 2.96. The highest BCUT2D eigenvalue weighted by Gasteiger charge is 2.34. The number of ketones is 3. The largest absolute Gasteiger partial charge is 0.481 e. The van der Waals surface area contributed by atoms with Crippen molar-refractivity contribution in [2.24, 2.45) is 17.8 Å². The number of unbranched alkanes of at least 4 members (excludes halogenated alkanes) is 1. The molecule has 314 valence electrons. The molecular formula is C37H51N5O15. The molecule has 0 saturated carbocycles. The molecule has 1 rings (SSSR count). The topological polar surface area (TPSA) is 323 Å². The van der Waals surface area contributed by atoms with Gasteiger partial charge < -0.3 is 36.6 Å². The van der Waals surface area contributed by atoms with Gasteiger partial charge in [0.1, 0.15) is 0 Å². The Morgan fingerprint density at radius 1 is 0.649 bits per heavy atom. The number of hydrogen-bond donors (Lipinski definition) is 7. The number of rotatable bonds is 28. The summed E-state index contributed by atoms with van der Waals surface area (Å²) in [6.07, 6.45) is -3.08. The minimum Gasteiger partial charge on any atom is -0.481 e. The molecular weight excluding hydrogens is 754 g/mol. The first-order chi connectivity index (χ1) is 26.6. The summed E-state index contributed by atoms with van der Waals surface area (Å²) in [7, 11) is 0. The Kier molecular flexibility index (Phi) is 21.0. The van der Waals surface area contributed by atoms with Crippen molar-refractivity contribution in [3.8, 4) is 0 Å². The second-order valence-corrected chi connectivity index (χ2v) is 14.0. The molecule has 1 aromatic rings. The first-order valence-corrected chi connectivity index (χ1v) is 18.2. The van der Waals surface area contributed by atoms with Gasteiger partial charge in [0.25, 0.3) is 5.69 Å². The number of nitrogens with one attached hydrogen (secondary N) is 4. The summed E-state index contributed by atoms with van der Waals surface area (Å²) in [5, 5.41) is 48.6. The molecule has 0 saturated heterocycles. The predicted molar refractivity (Wildman–Crippen MR) is 198 cm³/mol. The van der Waals surface area contributed by atoms with Crippen molar-refractivity contribution in [2.45, 2.75) is 110 Å². The molecule has 20 nitrogen and oxygen atoms in total. The fourth-order valence-corrected chi connectivity index (χ4v) is 5.85. The van der Waals surface area contributed by atoms with Crippen molar-refractivity contribution in [3.05, 3.63) is 39.9 Å². The molecule has 0 aliphatic heterocycles. The lowest BCUT2D eigenvalue weighted by molar-refractivity contribution is -0.384. The third kappa shape index (κ3) is 19.4. The molecule has 0 aromatic heterocycles. The van der Waals surface area contributed by atoms with Gasteiger partial charge in [0.05, 0.1) is 41.8 Å². The molecule has 0 heterocycles. The van der Waals surface area contributed by atoms with Crippen molar-refractivity contribution < 1.29 is 68.2 Å². The van der Waals surface area contributed by atoms with Crippen LogP contribution in [0, 0.1) is 27.9 Å². The summed E-state index contributed by atoms with van der Waals surface area (Å²) in [4.78, 5) is 134. The number of carboxylic acid groups (broad SMARTS) is 3. The standard InChI is InChI=1S/C37H51N5O15/c1-20(2)35(41-37(55)24(10-13-32(48)49)16-30(46)28(19-34(52)53)40-22(4)44)31(47)17-25(18-33(50)51)36(54)38-14-6-5-7-27(39-21(3)43)29(45)15-23-8-11-26(12-9-23)42(56)57/h8-9,11-12,20,24-25,27-28,35H,5-7,10,13-19H2,1-4H3,(H,38,54)(H,39,43)(H,40,44)(H,41,55)(H,48,49)(H,50,51)(H,52,53)/t24-,25+,27+,28+,35+/m1/s1. The van der Waals surface area contributed by atoms with E-state index in [0.29, 0.717) is 12.0 Å². The molecule has 0 aliphatic rings. The minimum absolute atomic E-state index is 0.0114. The van der Waals surface area contributed by atoms with Crippen LogP contribution in [0.25, 0.3) is 0 Å². The summed E-state index contributed by atoms with van der Waals surface area (Å²) in [6.45, 7) is 5.41. The molecule has 0 spiro atoms. The molecule has 20 heteroatoms. The van der Waals surface area contributed by atoms with Gasteiger partial charge in [0.15, 0.2) is 17.3 Å². The number of benzene rings is 1. The highest BCUT2D eigenvalue weighted by molar-refractivity contribution is 5.97. The molecule has 57 heavy (non-hydrogen) atoms. The van der Waals surface area contributed by atoms with E-state index in [1.807, 2.05) is 0 Å². The van der Waals surface area contributed by atoms with E-state index >= 15 is 0 Å². The molecule has 7 N–H and O–H groups in total. The Morgan fingerprint density at radius 2 is 1.21 bits per heavy atom. The van der Waals surface area contributed by atoms with Crippen LogP contribution in [0.15, 0.2) is 24.3 Å². The highest BCUT2D eigenvalue weighted by atomic mass is 16.6. The Morgan fingerprint density at radius 3 is 1.72 bits per heavy atom. The lowest BCUT2D eigenvalue weighted by atomic mass is 9.88. The van der Waals surface area contributed by atoms with Crippen LogP contribution < -0.4 is 21.3 Å². The average Bonchev–Trinajstić information content (AvgIpc) is 3.09. The maximum atomic E-state index is 13.5. The van der Waals surface area contributed by atoms with Gasteiger partial charge in [-0.15, -0.1) is 0 Å². The number of carbonyl (C=O) groups is 10. The number of hydrogen-bond acceptors (Lipinski definition) is 12. The van der Waals surface area contributed by atoms with Crippen LogP contribution in [-0.4, -0.2) is 104 Å². The van der Waals surface area contributed by atoms with Crippen molar-refractivity contribution in [3.63, 3.8) is 0 Å². The molecule has 0 bridgehead atoms. The van der Waals surface area contributed by atoms with Crippen molar-refractivity contribution in [1.82, 2.24) is 21.3 Å². The van der Waals surface area contributed by atoms with E-state index in [-0.39, 0.29) is 43.7 Å². The molecule has 0 unspecified atom stereocenters. The number of carboxylic acids is 3. The van der Waals surface area contributed by atoms with Crippen LogP contribution in [0.1, 0.15) is 91.0 Å². The number of carbonyl (C=O) groups excluding carboxylic acids is 7. The van der Waals surface area contributed by atoms with Gasteiger partial charge in [-0.05, 0) is 37.2 Å². The molecule has 0 radical (unpaired) electrons. The first-order valence-electron chi connectivity index (χ1n) is 18.2.